The van der Waals surface area contributed by atoms with Crippen LogP contribution in [0.3, 0.4) is 0 Å². The van der Waals surface area contributed by atoms with Crippen molar-refractivity contribution in [2.75, 3.05) is 18.6 Å². The average Bonchev–Trinajstić information content (AvgIpc) is 2.55. The highest BCUT2D eigenvalue weighted by Crippen LogP contribution is 2.30. The van der Waals surface area contributed by atoms with Crippen LogP contribution in [0.2, 0.25) is 0 Å². The van der Waals surface area contributed by atoms with E-state index in [0.29, 0.717) is 6.54 Å². The fourth-order valence-electron chi connectivity index (χ4n) is 2.07. The van der Waals surface area contributed by atoms with Crippen LogP contribution in [-0.2, 0) is 12.7 Å². The SMILES string of the molecule is CSc1ccc(CN(C)C(=O)Nc2cccc(C(F)(F)F)c2)cc1. The molecule has 24 heavy (non-hydrogen) atoms. The number of urea groups is 1. The zero-order valence-corrected chi connectivity index (χ0v) is 14.0. The maximum absolute atomic E-state index is 12.7. The molecule has 0 saturated carbocycles. The second-order valence-electron chi connectivity index (χ2n) is 5.21. The summed E-state index contributed by atoms with van der Waals surface area (Å²) in [5.41, 5.74) is 0.254. The van der Waals surface area contributed by atoms with Gasteiger partial charge in [0.25, 0.3) is 0 Å². The lowest BCUT2D eigenvalue weighted by Gasteiger charge is -2.18. The van der Waals surface area contributed by atoms with Gasteiger partial charge in [-0.2, -0.15) is 13.2 Å². The highest BCUT2D eigenvalue weighted by Gasteiger charge is 2.30. The molecule has 2 rings (SSSR count). The molecule has 128 valence electrons. The Hall–Kier alpha value is -2.15. The van der Waals surface area contributed by atoms with E-state index in [0.717, 1.165) is 22.6 Å². The van der Waals surface area contributed by atoms with Gasteiger partial charge in [0.2, 0.25) is 0 Å². The Bertz CT molecular complexity index is 702. The Morgan fingerprint density at radius 1 is 1.17 bits per heavy atom. The predicted molar refractivity (Wildman–Crippen MR) is 90.2 cm³/mol. The van der Waals surface area contributed by atoms with Crippen molar-refractivity contribution in [1.82, 2.24) is 4.90 Å². The molecule has 0 aromatic heterocycles. The lowest BCUT2D eigenvalue weighted by Crippen LogP contribution is -2.30. The number of nitrogens with one attached hydrogen (secondary N) is 1. The van der Waals surface area contributed by atoms with Gasteiger partial charge in [-0.25, -0.2) is 4.79 Å². The minimum Gasteiger partial charge on any atom is -0.323 e. The van der Waals surface area contributed by atoms with Crippen LogP contribution in [0.4, 0.5) is 23.7 Å². The molecule has 0 radical (unpaired) electrons. The van der Waals surface area contributed by atoms with E-state index in [1.54, 1.807) is 18.8 Å². The molecule has 0 spiro atoms. The third-order valence-electron chi connectivity index (χ3n) is 3.37. The molecule has 0 saturated heterocycles. The van der Waals surface area contributed by atoms with Gasteiger partial charge >= 0.3 is 12.2 Å². The molecule has 2 aromatic carbocycles. The first kappa shape index (κ1) is 18.2. The summed E-state index contributed by atoms with van der Waals surface area (Å²) < 4.78 is 38.1. The molecule has 7 heteroatoms. The van der Waals surface area contributed by atoms with Crippen molar-refractivity contribution in [1.29, 1.82) is 0 Å². The number of alkyl halides is 3. The van der Waals surface area contributed by atoms with Crippen LogP contribution in [0.5, 0.6) is 0 Å². The highest BCUT2D eigenvalue weighted by molar-refractivity contribution is 7.98. The van der Waals surface area contributed by atoms with Crippen LogP contribution in [0.15, 0.2) is 53.4 Å². The largest absolute Gasteiger partial charge is 0.416 e. The van der Waals surface area contributed by atoms with Crippen molar-refractivity contribution >= 4 is 23.5 Å². The summed E-state index contributed by atoms with van der Waals surface area (Å²) in [6.45, 7) is 0.361. The smallest absolute Gasteiger partial charge is 0.323 e. The van der Waals surface area contributed by atoms with Crippen molar-refractivity contribution in [3.8, 4) is 0 Å². The third kappa shape index (κ3) is 4.92. The summed E-state index contributed by atoms with van der Waals surface area (Å²) in [7, 11) is 1.59. The van der Waals surface area contributed by atoms with E-state index in [1.807, 2.05) is 30.5 Å². The number of nitrogens with zero attached hydrogens (tertiary/aromatic N) is 1. The van der Waals surface area contributed by atoms with E-state index in [2.05, 4.69) is 5.32 Å². The molecule has 0 fully saturated rings. The monoisotopic (exact) mass is 354 g/mol. The number of carbonyl (C=O) groups is 1. The number of halogens is 3. The van der Waals surface area contributed by atoms with Crippen LogP contribution in [-0.4, -0.2) is 24.2 Å². The van der Waals surface area contributed by atoms with E-state index >= 15 is 0 Å². The highest BCUT2D eigenvalue weighted by atomic mass is 32.2. The number of amides is 2. The van der Waals surface area contributed by atoms with Gasteiger partial charge in [-0.1, -0.05) is 18.2 Å². The van der Waals surface area contributed by atoms with Gasteiger partial charge in [0, 0.05) is 24.2 Å². The van der Waals surface area contributed by atoms with Crippen LogP contribution in [0, 0.1) is 0 Å². The normalized spacial score (nSPS) is 11.2. The molecule has 1 N–H and O–H groups in total. The van der Waals surface area contributed by atoms with E-state index in [-0.39, 0.29) is 5.69 Å². The zero-order valence-electron chi connectivity index (χ0n) is 13.2. The van der Waals surface area contributed by atoms with Crippen molar-refractivity contribution in [2.24, 2.45) is 0 Å². The summed E-state index contributed by atoms with van der Waals surface area (Å²) in [5.74, 6) is 0. The molecule has 2 aromatic rings. The molecule has 2 amide bonds. The second-order valence-corrected chi connectivity index (χ2v) is 6.09. The molecule has 0 aliphatic carbocycles. The number of thioether (sulfide) groups is 1. The van der Waals surface area contributed by atoms with Crippen molar-refractivity contribution in [3.63, 3.8) is 0 Å². The number of hydrogen-bond donors (Lipinski definition) is 1. The fourth-order valence-corrected chi connectivity index (χ4v) is 2.48. The number of rotatable bonds is 4. The van der Waals surface area contributed by atoms with Crippen LogP contribution in [0.25, 0.3) is 0 Å². The lowest BCUT2D eigenvalue weighted by atomic mass is 10.2. The van der Waals surface area contributed by atoms with Gasteiger partial charge < -0.3 is 10.2 Å². The maximum Gasteiger partial charge on any atom is 0.416 e. The Labute approximate surface area is 142 Å². The first-order chi connectivity index (χ1) is 11.3. The summed E-state index contributed by atoms with van der Waals surface area (Å²) in [6, 6.07) is 11.8. The Kier molecular flexibility index (Phi) is 5.77. The first-order valence-corrected chi connectivity index (χ1v) is 8.34. The molecule has 0 aliphatic heterocycles. The molecule has 3 nitrogen and oxygen atoms in total. The van der Waals surface area contributed by atoms with Crippen molar-refractivity contribution < 1.29 is 18.0 Å². The van der Waals surface area contributed by atoms with Crippen LogP contribution in [0.1, 0.15) is 11.1 Å². The van der Waals surface area contributed by atoms with Gasteiger partial charge in [0.05, 0.1) is 5.56 Å². The summed E-state index contributed by atoms with van der Waals surface area (Å²) in [6.07, 6.45) is -2.46. The maximum atomic E-state index is 12.7. The van der Waals surface area contributed by atoms with Gasteiger partial charge in [0.15, 0.2) is 0 Å². The molecular weight excluding hydrogens is 337 g/mol. The quantitative estimate of drug-likeness (QED) is 0.776. The summed E-state index contributed by atoms with van der Waals surface area (Å²) in [4.78, 5) is 14.7. The molecule has 0 aliphatic rings. The van der Waals surface area contributed by atoms with Gasteiger partial charge in [-0.05, 0) is 42.2 Å². The standard InChI is InChI=1S/C17H17F3N2OS/c1-22(11-12-6-8-15(24-2)9-7-12)16(23)21-14-5-3-4-13(10-14)17(18,19)20/h3-10H,11H2,1-2H3,(H,21,23). The van der Waals surface area contributed by atoms with Crippen LogP contribution < -0.4 is 5.32 Å². The Balaban J connectivity index is 2.00. The van der Waals surface area contributed by atoms with E-state index in [4.69, 9.17) is 0 Å². The molecule has 0 atom stereocenters. The first-order valence-electron chi connectivity index (χ1n) is 7.12. The van der Waals surface area contributed by atoms with Gasteiger partial charge in [-0.3, -0.25) is 0 Å². The molecule has 0 unspecified atom stereocenters. The summed E-state index contributed by atoms with van der Waals surface area (Å²) >= 11 is 1.62. The molecule has 0 heterocycles. The Morgan fingerprint density at radius 3 is 2.42 bits per heavy atom. The van der Waals surface area contributed by atoms with Gasteiger partial charge in [0.1, 0.15) is 0 Å². The zero-order chi connectivity index (χ0) is 17.7. The molecular formula is C17H17F3N2OS. The molecule has 0 bridgehead atoms. The van der Waals surface area contributed by atoms with Crippen molar-refractivity contribution in [3.05, 3.63) is 59.7 Å². The van der Waals surface area contributed by atoms with E-state index in [9.17, 15) is 18.0 Å². The third-order valence-corrected chi connectivity index (χ3v) is 4.11. The number of anilines is 1. The minimum absolute atomic E-state index is 0.111. The second kappa shape index (κ2) is 7.61. The van der Waals surface area contributed by atoms with Crippen molar-refractivity contribution in [2.45, 2.75) is 17.6 Å². The topological polar surface area (TPSA) is 32.3 Å². The average molecular weight is 354 g/mol. The summed E-state index contributed by atoms with van der Waals surface area (Å²) in [5, 5.41) is 2.48. The van der Waals surface area contributed by atoms with E-state index in [1.165, 1.54) is 17.0 Å². The van der Waals surface area contributed by atoms with Gasteiger partial charge in [-0.15, -0.1) is 11.8 Å². The Morgan fingerprint density at radius 2 is 1.83 bits per heavy atom. The van der Waals surface area contributed by atoms with Crippen LogP contribution >= 0.6 is 11.8 Å². The van der Waals surface area contributed by atoms with E-state index < -0.39 is 17.8 Å². The minimum atomic E-state index is -4.44. The lowest BCUT2D eigenvalue weighted by molar-refractivity contribution is -0.137. The number of hydrogen-bond acceptors (Lipinski definition) is 2. The number of benzene rings is 2. The fraction of sp³-hybridized carbons (Fsp3) is 0.235. The predicted octanol–water partition coefficient (Wildman–Crippen LogP) is 5.09. The number of carbonyl (C=O) groups excluding carboxylic acids is 1.